The van der Waals surface area contributed by atoms with Gasteiger partial charge in [0, 0.05) is 29.8 Å². The van der Waals surface area contributed by atoms with Crippen molar-refractivity contribution in [2.24, 2.45) is 0 Å². The van der Waals surface area contributed by atoms with Crippen LogP contribution in [-0.2, 0) is 4.74 Å². The number of anilines is 1. The van der Waals surface area contributed by atoms with E-state index < -0.39 is 0 Å². The molecule has 20 heavy (non-hydrogen) atoms. The molecule has 4 nitrogen and oxygen atoms in total. The summed E-state index contributed by atoms with van der Waals surface area (Å²) in [6.07, 6.45) is 2.75. The number of esters is 1. The summed E-state index contributed by atoms with van der Waals surface area (Å²) < 4.78 is 5.30. The number of carbonyl (C=O) groups excluding carboxylic acids is 1. The van der Waals surface area contributed by atoms with Crippen LogP contribution in [-0.4, -0.2) is 41.1 Å². The van der Waals surface area contributed by atoms with Gasteiger partial charge >= 0.3 is 5.97 Å². The Morgan fingerprint density at radius 3 is 2.90 bits per heavy atom. The molecule has 0 bridgehead atoms. The summed E-state index contributed by atoms with van der Waals surface area (Å²) in [6.45, 7) is 8.78. The number of ether oxygens (including phenoxy) is 1. The van der Waals surface area contributed by atoms with Gasteiger partial charge in [0.05, 0.1) is 12.2 Å². The van der Waals surface area contributed by atoms with Gasteiger partial charge < -0.3 is 9.64 Å². The van der Waals surface area contributed by atoms with Gasteiger partial charge in [0.15, 0.2) is 0 Å². The number of carbonyl (C=O) groups is 1. The summed E-state index contributed by atoms with van der Waals surface area (Å²) in [5.74, 6) is 1.74. The van der Waals surface area contributed by atoms with Crippen molar-refractivity contribution in [3.8, 4) is 0 Å². The van der Waals surface area contributed by atoms with Crippen molar-refractivity contribution in [3.05, 3.63) is 23.9 Å². The molecule has 0 unspecified atom stereocenters. The van der Waals surface area contributed by atoms with Crippen LogP contribution < -0.4 is 4.90 Å². The van der Waals surface area contributed by atoms with Crippen LogP contribution in [0.2, 0.25) is 0 Å². The van der Waals surface area contributed by atoms with Crippen LogP contribution in [0, 0.1) is 0 Å². The highest BCUT2D eigenvalue weighted by Gasteiger charge is 2.24. The number of rotatable bonds is 3. The largest absolute Gasteiger partial charge is 0.462 e. The number of nitrogens with zero attached hydrogens (tertiary/aromatic N) is 2. The summed E-state index contributed by atoms with van der Waals surface area (Å²) >= 11 is 2.01. The molecule has 1 aromatic heterocycles. The molecule has 1 fully saturated rings. The maximum atomic E-state index is 11.6. The molecule has 1 aromatic rings. The van der Waals surface area contributed by atoms with Crippen LogP contribution in [0.5, 0.6) is 0 Å². The highest BCUT2D eigenvalue weighted by atomic mass is 32.2. The fourth-order valence-corrected chi connectivity index (χ4v) is 3.26. The molecule has 5 heteroatoms. The Balaban J connectivity index is 2.04. The van der Waals surface area contributed by atoms with Crippen molar-refractivity contribution in [1.29, 1.82) is 0 Å². The van der Waals surface area contributed by atoms with Gasteiger partial charge in [0.1, 0.15) is 5.82 Å². The minimum atomic E-state index is -0.306. The Hall–Kier alpha value is -1.23. The van der Waals surface area contributed by atoms with Gasteiger partial charge in [-0.3, -0.25) is 0 Å². The highest BCUT2D eigenvalue weighted by Crippen LogP contribution is 2.31. The zero-order chi connectivity index (χ0) is 14.6. The van der Waals surface area contributed by atoms with E-state index in [0.717, 1.165) is 31.1 Å². The second-order valence-electron chi connectivity index (χ2n) is 5.47. The molecule has 0 spiro atoms. The average Bonchev–Trinajstić information content (AvgIpc) is 2.60. The molecule has 0 N–H and O–H groups in total. The predicted molar refractivity (Wildman–Crippen MR) is 83.6 cm³/mol. The van der Waals surface area contributed by atoms with Crippen molar-refractivity contribution in [2.75, 3.05) is 30.3 Å². The second-order valence-corrected chi connectivity index (χ2v) is 7.27. The SMILES string of the molecule is CCOC(=O)c1ccc(N2CCSC(C)(C)CC2)nc1. The Kier molecular flexibility index (Phi) is 4.91. The van der Waals surface area contributed by atoms with Gasteiger partial charge in [-0.15, -0.1) is 0 Å². The summed E-state index contributed by atoms with van der Waals surface area (Å²) in [7, 11) is 0. The van der Waals surface area contributed by atoms with E-state index in [9.17, 15) is 4.79 Å². The van der Waals surface area contributed by atoms with Gasteiger partial charge in [-0.25, -0.2) is 9.78 Å². The van der Waals surface area contributed by atoms with E-state index in [0.29, 0.717) is 16.9 Å². The summed E-state index contributed by atoms with van der Waals surface area (Å²) in [5.41, 5.74) is 0.514. The third-order valence-electron chi connectivity index (χ3n) is 3.42. The molecule has 2 heterocycles. The topological polar surface area (TPSA) is 42.4 Å². The first-order valence-electron chi connectivity index (χ1n) is 7.04. The quantitative estimate of drug-likeness (QED) is 0.802. The van der Waals surface area contributed by atoms with Crippen molar-refractivity contribution in [2.45, 2.75) is 31.9 Å². The van der Waals surface area contributed by atoms with Gasteiger partial charge in [0.2, 0.25) is 0 Å². The van der Waals surface area contributed by atoms with Crippen LogP contribution in [0.25, 0.3) is 0 Å². The molecule has 1 saturated heterocycles. The maximum absolute atomic E-state index is 11.6. The molecular weight excluding hydrogens is 272 g/mol. The fourth-order valence-electron chi connectivity index (χ4n) is 2.16. The normalized spacial score (nSPS) is 18.4. The van der Waals surface area contributed by atoms with Crippen molar-refractivity contribution in [1.82, 2.24) is 4.98 Å². The van der Waals surface area contributed by atoms with Crippen LogP contribution in [0.1, 0.15) is 37.6 Å². The van der Waals surface area contributed by atoms with E-state index in [-0.39, 0.29) is 5.97 Å². The lowest BCUT2D eigenvalue weighted by Crippen LogP contribution is -2.27. The standard InChI is InChI=1S/C15H22N2O2S/c1-4-19-14(18)12-5-6-13(16-11-12)17-8-7-15(2,3)20-10-9-17/h5-6,11H,4,7-10H2,1-3H3. The first-order chi connectivity index (χ1) is 9.52. The maximum Gasteiger partial charge on any atom is 0.339 e. The Bertz CT molecular complexity index is 459. The average molecular weight is 294 g/mol. The molecule has 2 rings (SSSR count). The molecule has 1 aliphatic heterocycles. The molecule has 1 aliphatic rings. The molecule has 0 amide bonds. The molecule has 0 atom stereocenters. The smallest absolute Gasteiger partial charge is 0.339 e. The molecular formula is C15H22N2O2S. The number of aromatic nitrogens is 1. The predicted octanol–water partition coefficient (Wildman–Crippen LogP) is 2.98. The molecule has 110 valence electrons. The van der Waals surface area contributed by atoms with Crippen LogP contribution >= 0.6 is 11.8 Å². The van der Waals surface area contributed by atoms with E-state index in [2.05, 4.69) is 23.7 Å². The lowest BCUT2D eigenvalue weighted by atomic mass is 10.1. The summed E-state index contributed by atoms with van der Waals surface area (Å²) in [5, 5.41) is 0. The van der Waals surface area contributed by atoms with Crippen molar-refractivity contribution in [3.63, 3.8) is 0 Å². The minimum absolute atomic E-state index is 0.306. The fraction of sp³-hybridized carbons (Fsp3) is 0.600. The van der Waals surface area contributed by atoms with Gasteiger partial charge in [-0.1, -0.05) is 13.8 Å². The van der Waals surface area contributed by atoms with Crippen LogP contribution in [0.3, 0.4) is 0 Å². The Labute approximate surface area is 124 Å². The monoisotopic (exact) mass is 294 g/mol. The van der Waals surface area contributed by atoms with Gasteiger partial charge in [-0.05, 0) is 25.5 Å². The first kappa shape index (κ1) is 15.2. The first-order valence-corrected chi connectivity index (χ1v) is 8.02. The Morgan fingerprint density at radius 1 is 1.45 bits per heavy atom. The summed E-state index contributed by atoms with van der Waals surface area (Å²) in [4.78, 5) is 18.3. The van der Waals surface area contributed by atoms with Gasteiger partial charge in [-0.2, -0.15) is 11.8 Å². The zero-order valence-electron chi connectivity index (χ0n) is 12.4. The number of pyridine rings is 1. The number of thioether (sulfide) groups is 1. The minimum Gasteiger partial charge on any atom is -0.462 e. The van der Waals surface area contributed by atoms with E-state index in [4.69, 9.17) is 4.74 Å². The van der Waals surface area contributed by atoms with E-state index in [1.807, 2.05) is 17.8 Å². The lowest BCUT2D eigenvalue weighted by molar-refractivity contribution is 0.0526. The highest BCUT2D eigenvalue weighted by molar-refractivity contribution is 8.00. The third-order valence-corrected chi connectivity index (χ3v) is 4.79. The summed E-state index contributed by atoms with van der Waals surface area (Å²) in [6, 6.07) is 3.71. The van der Waals surface area contributed by atoms with E-state index >= 15 is 0 Å². The Morgan fingerprint density at radius 2 is 2.25 bits per heavy atom. The van der Waals surface area contributed by atoms with Crippen LogP contribution in [0.15, 0.2) is 18.3 Å². The molecule has 0 aliphatic carbocycles. The number of hydrogen-bond acceptors (Lipinski definition) is 5. The second kappa shape index (κ2) is 6.48. The van der Waals surface area contributed by atoms with Crippen molar-refractivity contribution < 1.29 is 9.53 Å². The molecule has 0 saturated carbocycles. The number of hydrogen-bond donors (Lipinski definition) is 0. The van der Waals surface area contributed by atoms with Gasteiger partial charge in [0.25, 0.3) is 0 Å². The van der Waals surface area contributed by atoms with Crippen LogP contribution in [0.4, 0.5) is 5.82 Å². The zero-order valence-corrected chi connectivity index (χ0v) is 13.2. The van der Waals surface area contributed by atoms with Crippen molar-refractivity contribution >= 4 is 23.5 Å². The van der Waals surface area contributed by atoms with E-state index in [1.165, 1.54) is 0 Å². The third kappa shape index (κ3) is 3.88. The van der Waals surface area contributed by atoms with E-state index in [1.54, 1.807) is 19.2 Å². The molecule has 0 aromatic carbocycles. The molecule has 0 radical (unpaired) electrons. The lowest BCUT2D eigenvalue weighted by Gasteiger charge is -2.23.